The van der Waals surface area contributed by atoms with E-state index in [0.29, 0.717) is 6.04 Å². The zero-order valence-corrected chi connectivity index (χ0v) is 12.5. The third-order valence-electron chi connectivity index (χ3n) is 3.49. The molecular formula is C16H25N3. The van der Waals surface area contributed by atoms with Gasteiger partial charge in [-0.05, 0) is 58.2 Å². The number of hydrogen-bond donors (Lipinski definition) is 1. The van der Waals surface area contributed by atoms with Crippen molar-refractivity contribution in [3.05, 3.63) is 29.6 Å². The van der Waals surface area contributed by atoms with Crippen LogP contribution in [0.4, 0.5) is 0 Å². The smallest absolute Gasteiger partial charge is 0.110 e. The standard InChI is InChI=1S/C16H25N3/c1-11(2)19-15-9-8-12(3)10-14(15)18-16(19)7-5-6-13(4)17/h8-11,13H,5-7,17H2,1-4H3. The lowest BCUT2D eigenvalue weighted by Crippen LogP contribution is -2.15. The summed E-state index contributed by atoms with van der Waals surface area (Å²) >= 11 is 0. The molecule has 1 aromatic carbocycles. The minimum Gasteiger partial charge on any atom is -0.328 e. The summed E-state index contributed by atoms with van der Waals surface area (Å²) in [6, 6.07) is 7.24. The molecule has 3 nitrogen and oxygen atoms in total. The first-order chi connectivity index (χ1) is 8.99. The van der Waals surface area contributed by atoms with E-state index < -0.39 is 0 Å². The van der Waals surface area contributed by atoms with E-state index in [2.05, 4.69) is 50.5 Å². The van der Waals surface area contributed by atoms with Crippen molar-refractivity contribution in [2.75, 3.05) is 0 Å². The van der Waals surface area contributed by atoms with Gasteiger partial charge in [-0.3, -0.25) is 0 Å². The Morgan fingerprint density at radius 1 is 1.26 bits per heavy atom. The second-order valence-electron chi connectivity index (χ2n) is 5.85. The second kappa shape index (κ2) is 5.74. The van der Waals surface area contributed by atoms with Crippen LogP contribution in [0.5, 0.6) is 0 Å². The van der Waals surface area contributed by atoms with E-state index in [0.717, 1.165) is 24.8 Å². The molecule has 2 rings (SSSR count). The van der Waals surface area contributed by atoms with Gasteiger partial charge in [0, 0.05) is 18.5 Å². The molecule has 0 aliphatic heterocycles. The second-order valence-corrected chi connectivity index (χ2v) is 5.85. The largest absolute Gasteiger partial charge is 0.328 e. The van der Waals surface area contributed by atoms with Crippen molar-refractivity contribution in [2.24, 2.45) is 5.73 Å². The molecule has 104 valence electrons. The molecule has 0 aliphatic rings. The van der Waals surface area contributed by atoms with Crippen LogP contribution >= 0.6 is 0 Å². The van der Waals surface area contributed by atoms with Crippen LogP contribution in [0.25, 0.3) is 11.0 Å². The van der Waals surface area contributed by atoms with Crippen molar-refractivity contribution < 1.29 is 0 Å². The van der Waals surface area contributed by atoms with Gasteiger partial charge in [-0.15, -0.1) is 0 Å². The number of nitrogens with zero attached hydrogens (tertiary/aromatic N) is 2. The Morgan fingerprint density at radius 3 is 2.63 bits per heavy atom. The van der Waals surface area contributed by atoms with Crippen molar-refractivity contribution in [3.63, 3.8) is 0 Å². The predicted molar refractivity (Wildman–Crippen MR) is 81.4 cm³/mol. The summed E-state index contributed by atoms with van der Waals surface area (Å²) in [6.07, 6.45) is 3.17. The van der Waals surface area contributed by atoms with Crippen LogP contribution in [0.1, 0.15) is 51.0 Å². The molecular weight excluding hydrogens is 234 g/mol. The fourth-order valence-corrected chi connectivity index (χ4v) is 2.59. The Bertz CT molecular complexity index is 552. The molecule has 19 heavy (non-hydrogen) atoms. The van der Waals surface area contributed by atoms with Gasteiger partial charge in [-0.2, -0.15) is 0 Å². The van der Waals surface area contributed by atoms with Crippen molar-refractivity contribution in [2.45, 2.75) is 59.0 Å². The summed E-state index contributed by atoms with van der Waals surface area (Å²) in [5.41, 5.74) is 9.45. The molecule has 0 bridgehead atoms. The highest BCUT2D eigenvalue weighted by Crippen LogP contribution is 2.23. The highest BCUT2D eigenvalue weighted by Gasteiger charge is 2.13. The topological polar surface area (TPSA) is 43.8 Å². The fraction of sp³-hybridized carbons (Fsp3) is 0.562. The maximum absolute atomic E-state index is 5.82. The van der Waals surface area contributed by atoms with Gasteiger partial charge in [0.1, 0.15) is 5.82 Å². The first-order valence-corrected chi connectivity index (χ1v) is 7.22. The number of hydrogen-bond acceptors (Lipinski definition) is 2. The lowest BCUT2D eigenvalue weighted by atomic mass is 10.1. The SMILES string of the molecule is Cc1ccc2c(c1)nc(CCCC(C)N)n2C(C)C. The zero-order valence-electron chi connectivity index (χ0n) is 12.5. The van der Waals surface area contributed by atoms with E-state index >= 15 is 0 Å². The van der Waals surface area contributed by atoms with Gasteiger partial charge in [0.25, 0.3) is 0 Å². The summed E-state index contributed by atoms with van der Waals surface area (Å²) in [5, 5.41) is 0. The molecule has 0 spiro atoms. The van der Waals surface area contributed by atoms with E-state index in [1.807, 2.05) is 0 Å². The molecule has 1 heterocycles. The van der Waals surface area contributed by atoms with E-state index in [1.165, 1.54) is 16.9 Å². The number of aryl methyl sites for hydroxylation is 2. The third kappa shape index (κ3) is 3.16. The number of benzene rings is 1. The number of imidazole rings is 1. The highest BCUT2D eigenvalue weighted by molar-refractivity contribution is 5.77. The molecule has 0 fully saturated rings. The van der Waals surface area contributed by atoms with Gasteiger partial charge in [-0.1, -0.05) is 6.07 Å². The molecule has 0 radical (unpaired) electrons. The molecule has 0 saturated carbocycles. The van der Waals surface area contributed by atoms with E-state index in [-0.39, 0.29) is 6.04 Å². The molecule has 1 aromatic heterocycles. The van der Waals surface area contributed by atoms with Gasteiger partial charge in [0.2, 0.25) is 0 Å². The Balaban J connectivity index is 2.33. The van der Waals surface area contributed by atoms with Crippen molar-refractivity contribution >= 4 is 11.0 Å². The first kappa shape index (κ1) is 14.1. The number of fused-ring (bicyclic) bond motifs is 1. The monoisotopic (exact) mass is 259 g/mol. The maximum Gasteiger partial charge on any atom is 0.110 e. The van der Waals surface area contributed by atoms with Crippen LogP contribution in [0.3, 0.4) is 0 Å². The molecule has 2 N–H and O–H groups in total. The van der Waals surface area contributed by atoms with Gasteiger partial charge >= 0.3 is 0 Å². The van der Waals surface area contributed by atoms with E-state index in [4.69, 9.17) is 10.7 Å². The van der Waals surface area contributed by atoms with Crippen LogP contribution in [0.2, 0.25) is 0 Å². The normalized spacial score (nSPS) is 13.4. The lowest BCUT2D eigenvalue weighted by molar-refractivity contribution is 0.555. The average Bonchev–Trinajstić information content (AvgIpc) is 2.65. The fourth-order valence-electron chi connectivity index (χ4n) is 2.59. The minimum atomic E-state index is 0.277. The van der Waals surface area contributed by atoms with Gasteiger partial charge in [-0.25, -0.2) is 4.98 Å². The molecule has 0 aliphatic carbocycles. The number of aromatic nitrogens is 2. The summed E-state index contributed by atoms with van der Waals surface area (Å²) in [5.74, 6) is 1.19. The molecule has 2 aromatic rings. The predicted octanol–water partition coefficient (Wildman–Crippen LogP) is 3.60. The molecule has 0 saturated heterocycles. The van der Waals surface area contributed by atoms with E-state index in [1.54, 1.807) is 0 Å². The number of nitrogens with two attached hydrogens (primary N) is 1. The Hall–Kier alpha value is -1.35. The Kier molecular flexibility index (Phi) is 4.25. The Labute approximate surface area is 115 Å². The zero-order chi connectivity index (χ0) is 14.0. The number of rotatable bonds is 5. The summed E-state index contributed by atoms with van der Waals surface area (Å²) in [4.78, 5) is 4.81. The van der Waals surface area contributed by atoms with E-state index in [9.17, 15) is 0 Å². The third-order valence-corrected chi connectivity index (χ3v) is 3.49. The highest BCUT2D eigenvalue weighted by atomic mass is 15.1. The van der Waals surface area contributed by atoms with Crippen LogP contribution in [-0.2, 0) is 6.42 Å². The van der Waals surface area contributed by atoms with Crippen LogP contribution in [0, 0.1) is 6.92 Å². The first-order valence-electron chi connectivity index (χ1n) is 7.22. The minimum absolute atomic E-state index is 0.277. The molecule has 3 heteroatoms. The Morgan fingerprint density at radius 2 is 2.00 bits per heavy atom. The molecule has 0 amide bonds. The lowest BCUT2D eigenvalue weighted by Gasteiger charge is -2.13. The summed E-state index contributed by atoms with van der Waals surface area (Å²) in [7, 11) is 0. The van der Waals surface area contributed by atoms with Gasteiger partial charge in [0.15, 0.2) is 0 Å². The average molecular weight is 259 g/mol. The van der Waals surface area contributed by atoms with Crippen LogP contribution in [0.15, 0.2) is 18.2 Å². The van der Waals surface area contributed by atoms with Crippen LogP contribution in [-0.4, -0.2) is 15.6 Å². The quantitative estimate of drug-likeness (QED) is 0.891. The van der Waals surface area contributed by atoms with Crippen molar-refractivity contribution in [3.8, 4) is 0 Å². The van der Waals surface area contributed by atoms with Crippen molar-refractivity contribution in [1.82, 2.24) is 9.55 Å². The van der Waals surface area contributed by atoms with Gasteiger partial charge in [0.05, 0.1) is 11.0 Å². The van der Waals surface area contributed by atoms with Crippen LogP contribution < -0.4 is 5.73 Å². The summed E-state index contributed by atoms with van der Waals surface area (Å²) in [6.45, 7) is 8.62. The molecule has 1 unspecified atom stereocenters. The molecule has 1 atom stereocenters. The van der Waals surface area contributed by atoms with Crippen molar-refractivity contribution in [1.29, 1.82) is 0 Å². The summed E-state index contributed by atoms with van der Waals surface area (Å²) < 4.78 is 2.36. The maximum atomic E-state index is 5.82. The van der Waals surface area contributed by atoms with Gasteiger partial charge < -0.3 is 10.3 Å².